The van der Waals surface area contributed by atoms with Crippen LogP contribution in [0.5, 0.6) is 0 Å². The van der Waals surface area contributed by atoms with E-state index in [-0.39, 0.29) is 11.5 Å². The fourth-order valence-electron chi connectivity index (χ4n) is 2.82. The quantitative estimate of drug-likeness (QED) is 0.344. The van der Waals surface area contributed by atoms with E-state index < -0.39 is 0 Å². The number of carbonyl (C=O) groups excluding carboxylic acids is 1. The van der Waals surface area contributed by atoms with Crippen molar-refractivity contribution in [2.45, 2.75) is 50.1 Å². The van der Waals surface area contributed by atoms with E-state index in [0.29, 0.717) is 34.8 Å². The third kappa shape index (κ3) is 4.97. The third-order valence-corrected chi connectivity index (χ3v) is 5.15. The molecular formula is C19H22N4O3S. The predicted octanol–water partition coefficient (Wildman–Crippen LogP) is 3.03. The van der Waals surface area contributed by atoms with Gasteiger partial charge >= 0.3 is 0 Å². The van der Waals surface area contributed by atoms with E-state index in [9.17, 15) is 9.59 Å². The summed E-state index contributed by atoms with van der Waals surface area (Å²) in [5.41, 5.74) is 6.63. The van der Waals surface area contributed by atoms with Crippen LogP contribution in [0.1, 0.15) is 37.1 Å². The van der Waals surface area contributed by atoms with Gasteiger partial charge in [0, 0.05) is 19.0 Å². The second kappa shape index (κ2) is 8.85. The Kier molecular flexibility index (Phi) is 6.28. The summed E-state index contributed by atoms with van der Waals surface area (Å²) in [4.78, 5) is 28.5. The number of aryl methyl sites for hydroxylation is 1. The summed E-state index contributed by atoms with van der Waals surface area (Å²) < 4.78 is 6.96. The molecule has 0 radical (unpaired) electrons. The zero-order valence-corrected chi connectivity index (χ0v) is 16.0. The lowest BCUT2D eigenvalue weighted by Gasteiger charge is -2.12. The Bertz CT molecular complexity index is 996. The van der Waals surface area contributed by atoms with Crippen LogP contribution in [-0.2, 0) is 17.1 Å². The number of hydrogen-bond acceptors (Lipinski definition) is 6. The van der Waals surface area contributed by atoms with E-state index in [2.05, 4.69) is 10.1 Å². The average molecular weight is 386 g/mol. The van der Waals surface area contributed by atoms with Crippen molar-refractivity contribution in [1.29, 1.82) is 0 Å². The standard InChI is InChI=1S/C19H22N4O3S/c1-13-11-14(26-22-13)12-27-19-21-16-8-5-4-7-15(16)18(25)23(19)10-6-2-3-9-17(20)24/h4-5,7-8,11H,2-3,6,9-10,12H2,1H3,(H2,20,24). The number of thioether (sulfide) groups is 1. The molecule has 2 heterocycles. The summed E-state index contributed by atoms with van der Waals surface area (Å²) in [7, 11) is 0. The maximum absolute atomic E-state index is 12.9. The molecule has 2 N–H and O–H groups in total. The molecule has 0 atom stereocenters. The van der Waals surface area contributed by atoms with Gasteiger partial charge < -0.3 is 10.3 Å². The highest BCUT2D eigenvalue weighted by Gasteiger charge is 2.13. The molecule has 0 spiro atoms. The van der Waals surface area contributed by atoms with Crippen LogP contribution in [0, 0.1) is 6.92 Å². The maximum atomic E-state index is 12.9. The summed E-state index contributed by atoms with van der Waals surface area (Å²) in [6.45, 7) is 2.42. The highest BCUT2D eigenvalue weighted by molar-refractivity contribution is 7.98. The number of amides is 1. The van der Waals surface area contributed by atoms with Crippen LogP contribution < -0.4 is 11.3 Å². The summed E-state index contributed by atoms with van der Waals surface area (Å²) in [6, 6.07) is 9.23. The summed E-state index contributed by atoms with van der Waals surface area (Å²) in [5, 5.41) is 5.15. The highest BCUT2D eigenvalue weighted by atomic mass is 32.2. The number of hydrogen-bond donors (Lipinski definition) is 1. The number of benzene rings is 1. The first kappa shape index (κ1) is 19.2. The summed E-state index contributed by atoms with van der Waals surface area (Å²) in [5.74, 6) is 0.999. The summed E-state index contributed by atoms with van der Waals surface area (Å²) >= 11 is 1.46. The summed E-state index contributed by atoms with van der Waals surface area (Å²) in [6.07, 6.45) is 2.71. The normalized spacial score (nSPS) is 11.1. The Hall–Kier alpha value is -2.61. The van der Waals surface area contributed by atoms with Gasteiger partial charge in [0.25, 0.3) is 5.56 Å². The Morgan fingerprint density at radius 2 is 2.07 bits per heavy atom. The van der Waals surface area contributed by atoms with Crippen molar-refractivity contribution in [3.8, 4) is 0 Å². The number of fused-ring (bicyclic) bond motifs is 1. The number of aromatic nitrogens is 3. The lowest BCUT2D eigenvalue weighted by atomic mass is 10.2. The van der Waals surface area contributed by atoms with Crippen molar-refractivity contribution in [2.75, 3.05) is 0 Å². The molecule has 0 saturated heterocycles. The first-order chi connectivity index (χ1) is 13.0. The van der Waals surface area contributed by atoms with E-state index in [1.807, 2.05) is 31.2 Å². The molecule has 0 unspecified atom stereocenters. The molecule has 27 heavy (non-hydrogen) atoms. The molecule has 2 aromatic heterocycles. The van der Waals surface area contributed by atoms with Crippen molar-refractivity contribution < 1.29 is 9.32 Å². The molecule has 1 amide bonds. The lowest BCUT2D eigenvalue weighted by molar-refractivity contribution is -0.118. The topological polar surface area (TPSA) is 104 Å². The van der Waals surface area contributed by atoms with Gasteiger partial charge in [-0.25, -0.2) is 4.98 Å². The van der Waals surface area contributed by atoms with Crippen molar-refractivity contribution >= 4 is 28.6 Å². The molecule has 1 aromatic carbocycles. The van der Waals surface area contributed by atoms with Gasteiger partial charge in [-0.05, 0) is 31.9 Å². The molecule has 0 aliphatic heterocycles. The van der Waals surface area contributed by atoms with Gasteiger partial charge in [0.15, 0.2) is 5.16 Å². The van der Waals surface area contributed by atoms with Crippen LogP contribution in [0.15, 0.2) is 44.8 Å². The number of carbonyl (C=O) groups is 1. The van der Waals surface area contributed by atoms with Gasteiger partial charge in [0.05, 0.1) is 22.3 Å². The lowest BCUT2D eigenvalue weighted by Crippen LogP contribution is -2.23. The minimum absolute atomic E-state index is 0.0493. The number of nitrogens with zero attached hydrogens (tertiary/aromatic N) is 3. The molecule has 142 valence electrons. The Morgan fingerprint density at radius 1 is 1.26 bits per heavy atom. The van der Waals surface area contributed by atoms with Gasteiger partial charge in [-0.1, -0.05) is 35.5 Å². The third-order valence-electron chi connectivity index (χ3n) is 4.15. The minimum atomic E-state index is -0.293. The van der Waals surface area contributed by atoms with Gasteiger partial charge in [0.2, 0.25) is 5.91 Å². The van der Waals surface area contributed by atoms with Crippen molar-refractivity contribution in [3.05, 3.63) is 52.1 Å². The number of para-hydroxylation sites is 1. The molecule has 3 rings (SSSR count). The molecule has 0 fully saturated rings. The number of rotatable bonds is 9. The molecule has 8 heteroatoms. The zero-order valence-electron chi connectivity index (χ0n) is 15.2. The molecule has 0 saturated carbocycles. The Labute approximate surface area is 160 Å². The van der Waals surface area contributed by atoms with Gasteiger partial charge in [0.1, 0.15) is 5.76 Å². The van der Waals surface area contributed by atoms with Crippen molar-refractivity contribution in [3.63, 3.8) is 0 Å². The second-order valence-electron chi connectivity index (χ2n) is 6.37. The zero-order chi connectivity index (χ0) is 19.2. The number of primary amides is 1. The number of nitrogens with two attached hydrogens (primary N) is 1. The largest absolute Gasteiger partial charge is 0.370 e. The fraction of sp³-hybridized carbons (Fsp3) is 0.368. The fourth-order valence-corrected chi connectivity index (χ4v) is 3.72. The van der Waals surface area contributed by atoms with Gasteiger partial charge in [-0.3, -0.25) is 14.2 Å². The molecule has 7 nitrogen and oxygen atoms in total. The van der Waals surface area contributed by atoms with E-state index in [1.54, 1.807) is 10.6 Å². The van der Waals surface area contributed by atoms with Gasteiger partial charge in [-0.2, -0.15) is 0 Å². The minimum Gasteiger partial charge on any atom is -0.370 e. The van der Waals surface area contributed by atoms with Crippen LogP contribution in [0.3, 0.4) is 0 Å². The number of unbranched alkanes of at least 4 members (excludes halogenated alkanes) is 2. The monoisotopic (exact) mass is 386 g/mol. The van der Waals surface area contributed by atoms with Crippen LogP contribution in [0.4, 0.5) is 0 Å². The van der Waals surface area contributed by atoms with E-state index in [0.717, 1.165) is 30.7 Å². The molecule has 0 bridgehead atoms. The molecule has 0 aliphatic rings. The van der Waals surface area contributed by atoms with Crippen molar-refractivity contribution in [2.24, 2.45) is 5.73 Å². The van der Waals surface area contributed by atoms with Crippen LogP contribution in [0.2, 0.25) is 0 Å². The first-order valence-corrected chi connectivity index (χ1v) is 9.86. The Morgan fingerprint density at radius 3 is 2.81 bits per heavy atom. The van der Waals surface area contributed by atoms with E-state index >= 15 is 0 Å². The maximum Gasteiger partial charge on any atom is 0.262 e. The van der Waals surface area contributed by atoms with E-state index in [4.69, 9.17) is 10.3 Å². The highest BCUT2D eigenvalue weighted by Crippen LogP contribution is 2.23. The Balaban J connectivity index is 1.80. The molecule has 0 aliphatic carbocycles. The van der Waals surface area contributed by atoms with Crippen molar-refractivity contribution in [1.82, 2.24) is 14.7 Å². The smallest absolute Gasteiger partial charge is 0.262 e. The average Bonchev–Trinajstić information content (AvgIpc) is 3.06. The first-order valence-electron chi connectivity index (χ1n) is 8.87. The predicted molar refractivity (Wildman–Crippen MR) is 104 cm³/mol. The SMILES string of the molecule is Cc1cc(CSc2nc3ccccc3c(=O)n2CCCCCC(N)=O)on1. The van der Waals surface area contributed by atoms with Gasteiger partial charge in [-0.15, -0.1) is 0 Å². The second-order valence-corrected chi connectivity index (χ2v) is 7.31. The molecular weight excluding hydrogens is 364 g/mol. The molecule has 3 aromatic rings. The van der Waals surface area contributed by atoms with Crippen LogP contribution >= 0.6 is 11.8 Å². The van der Waals surface area contributed by atoms with E-state index in [1.165, 1.54) is 11.8 Å². The van der Waals surface area contributed by atoms with Crippen LogP contribution in [0.25, 0.3) is 10.9 Å². The van der Waals surface area contributed by atoms with Crippen LogP contribution in [-0.4, -0.2) is 20.6 Å².